The molecule has 0 bridgehead atoms. The predicted molar refractivity (Wildman–Crippen MR) is 80.8 cm³/mol. The molecule has 0 amide bonds. The van der Waals surface area contributed by atoms with Crippen molar-refractivity contribution in [1.29, 1.82) is 0 Å². The largest absolute Gasteiger partial charge is 0.467 e. The first kappa shape index (κ1) is 14.4. The fourth-order valence-corrected chi connectivity index (χ4v) is 2.27. The third-order valence-corrected chi connectivity index (χ3v) is 3.42. The molecule has 2 aromatic carbocycles. The molecule has 0 N–H and O–H groups in total. The number of hydrogen-bond acceptors (Lipinski definition) is 2. The first-order valence-corrected chi connectivity index (χ1v) is 7.38. The number of halogens is 2. The molecule has 0 aromatic heterocycles. The van der Waals surface area contributed by atoms with Crippen LogP contribution in [0.5, 0.6) is 5.75 Å². The van der Waals surface area contributed by atoms with Crippen LogP contribution in [0.25, 0.3) is 0 Å². The molecule has 0 saturated heterocycles. The van der Waals surface area contributed by atoms with E-state index in [4.69, 9.17) is 21.1 Å². The highest BCUT2D eigenvalue weighted by atomic mass is 79.9. The van der Waals surface area contributed by atoms with Crippen molar-refractivity contribution in [2.24, 2.45) is 0 Å². The van der Waals surface area contributed by atoms with Crippen LogP contribution in [-0.4, -0.2) is 6.79 Å². The van der Waals surface area contributed by atoms with Gasteiger partial charge in [-0.15, -0.1) is 0 Å². The molecule has 0 aliphatic carbocycles. The van der Waals surface area contributed by atoms with E-state index in [2.05, 4.69) is 15.9 Å². The monoisotopic (exact) mass is 340 g/mol. The normalized spacial score (nSPS) is 10.4. The first-order chi connectivity index (χ1) is 9.29. The SMILES string of the molecule is Clc1ccc(OCOCc2ccccc2)c(CBr)c1. The molecule has 0 fully saturated rings. The Kier molecular flexibility index (Phi) is 5.70. The molecule has 0 aliphatic heterocycles. The summed E-state index contributed by atoms with van der Waals surface area (Å²) in [5, 5.41) is 1.40. The lowest BCUT2D eigenvalue weighted by Crippen LogP contribution is -2.04. The smallest absolute Gasteiger partial charge is 0.189 e. The van der Waals surface area contributed by atoms with Gasteiger partial charge in [-0.05, 0) is 23.8 Å². The van der Waals surface area contributed by atoms with E-state index in [0.29, 0.717) is 17.0 Å². The third-order valence-electron chi connectivity index (χ3n) is 2.58. The molecule has 2 aromatic rings. The highest BCUT2D eigenvalue weighted by molar-refractivity contribution is 9.08. The Morgan fingerprint density at radius 3 is 2.58 bits per heavy atom. The molecular weight excluding hydrogens is 328 g/mol. The van der Waals surface area contributed by atoms with Crippen molar-refractivity contribution in [2.75, 3.05) is 6.79 Å². The summed E-state index contributed by atoms with van der Waals surface area (Å²) in [6.45, 7) is 0.759. The van der Waals surface area contributed by atoms with Gasteiger partial charge < -0.3 is 9.47 Å². The zero-order chi connectivity index (χ0) is 13.5. The van der Waals surface area contributed by atoms with E-state index in [9.17, 15) is 0 Å². The van der Waals surface area contributed by atoms with Gasteiger partial charge in [-0.25, -0.2) is 0 Å². The second kappa shape index (κ2) is 7.53. The van der Waals surface area contributed by atoms with E-state index in [-0.39, 0.29) is 6.79 Å². The molecule has 100 valence electrons. The number of rotatable bonds is 6. The van der Waals surface area contributed by atoms with Crippen LogP contribution in [0.15, 0.2) is 48.5 Å². The molecule has 0 aliphatic rings. The maximum atomic E-state index is 5.93. The summed E-state index contributed by atoms with van der Waals surface area (Å²) in [6.07, 6.45) is 0. The zero-order valence-corrected chi connectivity index (χ0v) is 12.7. The topological polar surface area (TPSA) is 18.5 Å². The van der Waals surface area contributed by atoms with E-state index >= 15 is 0 Å². The summed E-state index contributed by atoms with van der Waals surface area (Å²) in [4.78, 5) is 0. The Balaban J connectivity index is 1.83. The summed E-state index contributed by atoms with van der Waals surface area (Å²) in [6, 6.07) is 15.5. The Morgan fingerprint density at radius 2 is 1.84 bits per heavy atom. The minimum absolute atomic E-state index is 0.219. The Bertz CT molecular complexity index is 517. The lowest BCUT2D eigenvalue weighted by atomic mass is 10.2. The van der Waals surface area contributed by atoms with Gasteiger partial charge in [0, 0.05) is 15.9 Å². The van der Waals surface area contributed by atoms with E-state index in [1.807, 2.05) is 42.5 Å². The average molecular weight is 342 g/mol. The van der Waals surface area contributed by atoms with Gasteiger partial charge in [-0.2, -0.15) is 0 Å². The van der Waals surface area contributed by atoms with Crippen molar-refractivity contribution in [2.45, 2.75) is 11.9 Å². The molecule has 0 saturated carbocycles. The van der Waals surface area contributed by atoms with Crippen molar-refractivity contribution < 1.29 is 9.47 Å². The van der Waals surface area contributed by atoms with Crippen molar-refractivity contribution >= 4 is 27.5 Å². The summed E-state index contributed by atoms with van der Waals surface area (Å²) in [5.74, 6) is 0.786. The van der Waals surface area contributed by atoms with E-state index in [1.54, 1.807) is 6.07 Å². The van der Waals surface area contributed by atoms with Crippen LogP contribution < -0.4 is 4.74 Å². The Morgan fingerprint density at radius 1 is 1.05 bits per heavy atom. The molecule has 4 heteroatoms. The standard InChI is InChI=1S/C15H14BrClO2/c16-9-13-8-14(17)6-7-15(13)19-11-18-10-12-4-2-1-3-5-12/h1-8H,9-11H2. The maximum Gasteiger partial charge on any atom is 0.189 e. The lowest BCUT2D eigenvalue weighted by molar-refractivity contribution is 0.00466. The second-order valence-electron chi connectivity index (χ2n) is 3.98. The molecule has 0 unspecified atom stereocenters. The van der Waals surface area contributed by atoms with E-state index in [0.717, 1.165) is 16.9 Å². The average Bonchev–Trinajstić information content (AvgIpc) is 2.46. The van der Waals surface area contributed by atoms with Gasteiger partial charge in [0.2, 0.25) is 0 Å². The van der Waals surface area contributed by atoms with Crippen LogP contribution in [-0.2, 0) is 16.7 Å². The van der Waals surface area contributed by atoms with Crippen LogP contribution in [0.1, 0.15) is 11.1 Å². The van der Waals surface area contributed by atoms with Crippen molar-refractivity contribution in [3.63, 3.8) is 0 Å². The van der Waals surface area contributed by atoms with Gasteiger partial charge in [0.15, 0.2) is 6.79 Å². The summed E-state index contributed by atoms with van der Waals surface area (Å²) in [5.41, 5.74) is 2.14. The van der Waals surface area contributed by atoms with Crippen LogP contribution >= 0.6 is 27.5 Å². The van der Waals surface area contributed by atoms with Gasteiger partial charge >= 0.3 is 0 Å². The minimum Gasteiger partial charge on any atom is -0.467 e. The summed E-state index contributed by atoms with van der Waals surface area (Å²) >= 11 is 9.34. The number of ether oxygens (including phenoxy) is 2. The molecule has 0 spiro atoms. The molecule has 0 heterocycles. The Labute approximate surface area is 126 Å². The molecule has 2 rings (SSSR count). The quantitative estimate of drug-likeness (QED) is 0.427. The van der Waals surface area contributed by atoms with Crippen molar-refractivity contribution in [3.05, 3.63) is 64.7 Å². The molecule has 2 nitrogen and oxygen atoms in total. The highest BCUT2D eigenvalue weighted by Crippen LogP contribution is 2.25. The molecule has 19 heavy (non-hydrogen) atoms. The number of alkyl halides is 1. The van der Waals surface area contributed by atoms with E-state index < -0.39 is 0 Å². The van der Waals surface area contributed by atoms with Gasteiger partial charge in [0.1, 0.15) is 5.75 Å². The lowest BCUT2D eigenvalue weighted by Gasteiger charge is -2.10. The summed E-state index contributed by atoms with van der Waals surface area (Å²) < 4.78 is 11.1. The van der Waals surface area contributed by atoms with Crippen LogP contribution in [0.2, 0.25) is 5.02 Å². The number of benzene rings is 2. The molecule has 0 radical (unpaired) electrons. The Hall–Kier alpha value is -1.03. The maximum absolute atomic E-state index is 5.93. The predicted octanol–water partition coefficient (Wildman–Crippen LogP) is 4.79. The van der Waals surface area contributed by atoms with Gasteiger partial charge in [-0.1, -0.05) is 57.9 Å². The van der Waals surface area contributed by atoms with Gasteiger partial charge in [0.25, 0.3) is 0 Å². The van der Waals surface area contributed by atoms with Crippen LogP contribution in [0.3, 0.4) is 0 Å². The fraction of sp³-hybridized carbons (Fsp3) is 0.200. The zero-order valence-electron chi connectivity index (χ0n) is 10.3. The van der Waals surface area contributed by atoms with Gasteiger partial charge in [0.05, 0.1) is 6.61 Å². The van der Waals surface area contributed by atoms with Crippen LogP contribution in [0, 0.1) is 0 Å². The summed E-state index contributed by atoms with van der Waals surface area (Å²) in [7, 11) is 0. The van der Waals surface area contributed by atoms with Crippen molar-refractivity contribution in [1.82, 2.24) is 0 Å². The third kappa shape index (κ3) is 4.53. The van der Waals surface area contributed by atoms with E-state index in [1.165, 1.54) is 0 Å². The second-order valence-corrected chi connectivity index (χ2v) is 4.98. The first-order valence-electron chi connectivity index (χ1n) is 5.88. The van der Waals surface area contributed by atoms with Gasteiger partial charge in [-0.3, -0.25) is 0 Å². The highest BCUT2D eigenvalue weighted by Gasteiger charge is 2.03. The van der Waals surface area contributed by atoms with Crippen molar-refractivity contribution in [3.8, 4) is 5.75 Å². The van der Waals surface area contributed by atoms with Crippen LogP contribution in [0.4, 0.5) is 0 Å². The fourth-order valence-electron chi connectivity index (χ4n) is 1.63. The minimum atomic E-state index is 0.219. The number of hydrogen-bond donors (Lipinski definition) is 0. The molecule has 0 atom stereocenters. The molecular formula is C15H14BrClO2.